The molecule has 0 fully saturated rings. The number of halogens is 2. The fourth-order valence-corrected chi connectivity index (χ4v) is 5.39. The highest BCUT2D eigenvalue weighted by molar-refractivity contribution is 7.92. The molecule has 0 unspecified atom stereocenters. The lowest BCUT2D eigenvalue weighted by Crippen LogP contribution is -2.51. The van der Waals surface area contributed by atoms with Crippen molar-refractivity contribution < 1.29 is 27.4 Å². The van der Waals surface area contributed by atoms with Crippen molar-refractivity contribution in [2.75, 3.05) is 31.1 Å². The maximum absolute atomic E-state index is 13.5. The van der Waals surface area contributed by atoms with Gasteiger partial charge in [0.15, 0.2) is 6.10 Å². The maximum Gasteiger partial charge on any atom is 0.264 e. The lowest BCUT2D eigenvalue weighted by molar-refractivity contribution is -0.127. The molecule has 8 nitrogen and oxygen atoms in total. The number of benzene rings is 3. The van der Waals surface area contributed by atoms with Crippen molar-refractivity contribution in [3.63, 3.8) is 0 Å². The van der Waals surface area contributed by atoms with Crippen molar-refractivity contribution in [3.8, 4) is 17.2 Å². The Hall–Kier alpha value is -3.14. The number of methoxy groups -OCH3 is 1. The van der Waals surface area contributed by atoms with Crippen LogP contribution in [0.2, 0.25) is 10.0 Å². The van der Waals surface area contributed by atoms with Crippen molar-refractivity contribution in [1.82, 2.24) is 5.32 Å². The minimum Gasteiger partial charge on any atom is -0.497 e. The topological polar surface area (TPSA) is 94.2 Å². The summed E-state index contributed by atoms with van der Waals surface area (Å²) < 4.78 is 44.8. The zero-order valence-corrected chi connectivity index (χ0v) is 21.9. The molecular formula is C25H24Cl2N2O6S. The van der Waals surface area contributed by atoms with Crippen LogP contribution in [0.3, 0.4) is 0 Å². The molecule has 0 radical (unpaired) electrons. The van der Waals surface area contributed by atoms with Gasteiger partial charge in [0, 0.05) is 10.0 Å². The number of aryl methyl sites for hydroxylation is 1. The van der Waals surface area contributed by atoms with E-state index in [4.69, 9.17) is 37.4 Å². The van der Waals surface area contributed by atoms with Crippen molar-refractivity contribution in [3.05, 3.63) is 76.3 Å². The van der Waals surface area contributed by atoms with E-state index in [9.17, 15) is 13.2 Å². The summed E-state index contributed by atoms with van der Waals surface area (Å²) in [5, 5.41) is 3.66. The fourth-order valence-electron chi connectivity index (χ4n) is 3.58. The number of fused-ring (bicyclic) bond motifs is 1. The SMILES string of the molecule is COc1ccc(S(=O)(=O)N2C[C@@H](C(=O)NCCOc3ccc(C)c(Cl)c3)Oc3ccc(Cl)cc32)cc1. The molecule has 0 aromatic heterocycles. The lowest BCUT2D eigenvalue weighted by Gasteiger charge is -2.34. The van der Waals surface area contributed by atoms with E-state index in [0.717, 1.165) is 9.87 Å². The van der Waals surface area contributed by atoms with Crippen LogP contribution in [0.5, 0.6) is 17.2 Å². The van der Waals surface area contributed by atoms with E-state index in [1.54, 1.807) is 30.3 Å². The van der Waals surface area contributed by atoms with E-state index < -0.39 is 22.0 Å². The largest absolute Gasteiger partial charge is 0.497 e. The van der Waals surface area contributed by atoms with Gasteiger partial charge in [-0.1, -0.05) is 29.3 Å². The van der Waals surface area contributed by atoms with Gasteiger partial charge in [-0.3, -0.25) is 9.10 Å². The predicted molar refractivity (Wildman–Crippen MR) is 138 cm³/mol. The molecule has 36 heavy (non-hydrogen) atoms. The van der Waals surface area contributed by atoms with Gasteiger partial charge in [-0.2, -0.15) is 0 Å². The first-order chi connectivity index (χ1) is 17.2. The Bertz CT molecular complexity index is 1370. The summed E-state index contributed by atoms with van der Waals surface area (Å²) in [6, 6.07) is 15.9. The van der Waals surface area contributed by atoms with Gasteiger partial charge < -0.3 is 19.5 Å². The minimum absolute atomic E-state index is 0.0421. The standard InChI is InChI=1S/C25H24Cl2N2O6S/c1-16-3-5-19(14-21(16)27)34-12-11-28-25(30)24-15-29(22-13-17(26)4-10-23(22)35-24)36(31,32)20-8-6-18(33-2)7-9-20/h3-10,13-14,24H,11-12,15H2,1-2H3,(H,28,30)/t24-/m0/s1. The van der Waals surface area contributed by atoms with E-state index in [0.29, 0.717) is 21.5 Å². The number of amides is 1. The van der Waals surface area contributed by atoms with Crippen molar-refractivity contribution >= 4 is 44.8 Å². The van der Waals surface area contributed by atoms with Crippen LogP contribution in [0.1, 0.15) is 5.56 Å². The van der Waals surface area contributed by atoms with Crippen LogP contribution in [-0.2, 0) is 14.8 Å². The first-order valence-corrected chi connectivity index (χ1v) is 13.2. The molecule has 3 aromatic rings. The summed E-state index contributed by atoms with van der Waals surface area (Å²) in [6.45, 7) is 2.03. The lowest BCUT2D eigenvalue weighted by atomic mass is 10.2. The average Bonchev–Trinajstić information content (AvgIpc) is 2.87. The molecule has 0 saturated heterocycles. The van der Waals surface area contributed by atoms with Crippen molar-refractivity contribution in [2.45, 2.75) is 17.9 Å². The van der Waals surface area contributed by atoms with Crippen LogP contribution in [0.25, 0.3) is 0 Å². The molecule has 1 N–H and O–H groups in total. The number of sulfonamides is 1. The maximum atomic E-state index is 13.5. The number of anilines is 1. The third-order valence-electron chi connectivity index (χ3n) is 5.54. The van der Waals surface area contributed by atoms with Gasteiger partial charge in [-0.05, 0) is 67.1 Å². The smallest absolute Gasteiger partial charge is 0.264 e. The number of ether oxygens (including phenoxy) is 3. The first-order valence-electron chi connectivity index (χ1n) is 11.0. The highest BCUT2D eigenvalue weighted by atomic mass is 35.5. The summed E-state index contributed by atoms with van der Waals surface area (Å²) in [7, 11) is -2.54. The van der Waals surface area contributed by atoms with Gasteiger partial charge in [0.1, 0.15) is 23.9 Å². The second-order valence-electron chi connectivity index (χ2n) is 7.98. The molecule has 0 aliphatic carbocycles. The normalized spacial score (nSPS) is 15.0. The second kappa shape index (κ2) is 10.9. The number of carbonyl (C=O) groups excluding carboxylic acids is 1. The number of hydrogen-bond acceptors (Lipinski definition) is 6. The molecule has 1 amide bonds. The van der Waals surface area contributed by atoms with E-state index in [1.165, 1.54) is 31.4 Å². The molecule has 3 aromatic carbocycles. The Kier molecular flexibility index (Phi) is 7.82. The molecule has 190 valence electrons. The average molecular weight is 551 g/mol. The van der Waals surface area contributed by atoms with Gasteiger partial charge in [0.25, 0.3) is 15.9 Å². The zero-order valence-electron chi connectivity index (χ0n) is 19.5. The molecule has 1 aliphatic rings. The predicted octanol–water partition coefficient (Wildman–Crippen LogP) is 4.46. The third kappa shape index (κ3) is 5.64. The van der Waals surface area contributed by atoms with E-state index >= 15 is 0 Å². The molecule has 0 bridgehead atoms. The van der Waals surface area contributed by atoms with Gasteiger partial charge in [0.2, 0.25) is 0 Å². The zero-order chi connectivity index (χ0) is 25.9. The number of nitrogens with zero attached hydrogens (tertiary/aromatic N) is 1. The highest BCUT2D eigenvalue weighted by Crippen LogP contribution is 2.39. The Labute approximate surface area is 219 Å². The molecule has 1 aliphatic heterocycles. The highest BCUT2D eigenvalue weighted by Gasteiger charge is 2.37. The molecule has 1 atom stereocenters. The minimum atomic E-state index is -4.03. The Morgan fingerprint density at radius 1 is 1.08 bits per heavy atom. The first kappa shape index (κ1) is 25.9. The Morgan fingerprint density at radius 2 is 1.81 bits per heavy atom. The molecule has 0 spiro atoms. The van der Waals surface area contributed by atoms with Crippen LogP contribution >= 0.6 is 23.2 Å². The molecule has 1 heterocycles. The van der Waals surface area contributed by atoms with Crippen LogP contribution in [0, 0.1) is 6.92 Å². The third-order valence-corrected chi connectivity index (χ3v) is 7.98. The molecular weight excluding hydrogens is 527 g/mol. The summed E-state index contributed by atoms with van der Waals surface area (Å²) in [4.78, 5) is 12.9. The number of rotatable bonds is 8. The Morgan fingerprint density at radius 3 is 2.50 bits per heavy atom. The molecule has 0 saturated carbocycles. The van der Waals surface area contributed by atoms with Gasteiger partial charge in [-0.25, -0.2) is 8.42 Å². The van der Waals surface area contributed by atoms with E-state index in [1.807, 2.05) is 13.0 Å². The van der Waals surface area contributed by atoms with Crippen molar-refractivity contribution in [2.24, 2.45) is 0 Å². The van der Waals surface area contributed by atoms with Crippen molar-refractivity contribution in [1.29, 1.82) is 0 Å². The fraction of sp³-hybridized carbons (Fsp3) is 0.240. The molecule has 11 heteroatoms. The second-order valence-corrected chi connectivity index (χ2v) is 10.7. The summed E-state index contributed by atoms with van der Waals surface area (Å²) in [5.74, 6) is 0.854. The van der Waals surface area contributed by atoms with E-state index in [2.05, 4.69) is 5.32 Å². The quantitative estimate of drug-likeness (QED) is 0.416. The van der Waals surface area contributed by atoms with Gasteiger partial charge in [0.05, 0.1) is 30.8 Å². The number of nitrogens with one attached hydrogen (secondary N) is 1. The monoisotopic (exact) mass is 550 g/mol. The summed E-state index contributed by atoms with van der Waals surface area (Å²) in [6.07, 6.45) is -1.08. The number of hydrogen-bond donors (Lipinski definition) is 1. The van der Waals surface area contributed by atoms with E-state index in [-0.39, 0.29) is 36.0 Å². The summed E-state index contributed by atoms with van der Waals surface area (Å²) in [5.41, 5.74) is 1.18. The van der Waals surface area contributed by atoms with Gasteiger partial charge in [-0.15, -0.1) is 0 Å². The van der Waals surface area contributed by atoms with Crippen LogP contribution in [0.4, 0.5) is 5.69 Å². The molecule has 4 rings (SSSR count). The van der Waals surface area contributed by atoms with Crippen LogP contribution < -0.4 is 23.8 Å². The van der Waals surface area contributed by atoms with Crippen LogP contribution in [-0.4, -0.2) is 47.2 Å². The van der Waals surface area contributed by atoms with Gasteiger partial charge >= 0.3 is 0 Å². The van der Waals surface area contributed by atoms with Crippen LogP contribution in [0.15, 0.2) is 65.6 Å². The summed E-state index contributed by atoms with van der Waals surface area (Å²) >= 11 is 12.2. The number of carbonyl (C=O) groups is 1. The Balaban J connectivity index is 1.48.